The van der Waals surface area contributed by atoms with Crippen molar-refractivity contribution in [2.75, 3.05) is 34.5 Å². The number of ether oxygens (including phenoxy) is 3. The molecular formula is C21H21Cl2NO6S. The minimum absolute atomic E-state index is 0.0384. The number of amides is 1. The number of nitrogens with zero attached hydrogens (tertiary/aromatic N) is 1. The van der Waals surface area contributed by atoms with Crippen LogP contribution in [0.1, 0.15) is 22.0 Å². The zero-order valence-corrected chi connectivity index (χ0v) is 19.7. The Morgan fingerprint density at radius 2 is 1.87 bits per heavy atom. The molecule has 166 valence electrons. The Balaban J connectivity index is 2.28. The topological polar surface area (TPSA) is 85.3 Å². The van der Waals surface area contributed by atoms with Gasteiger partial charge in [0.05, 0.1) is 43.0 Å². The molecule has 1 aliphatic rings. The first-order chi connectivity index (χ1) is 14.8. The van der Waals surface area contributed by atoms with E-state index in [-0.39, 0.29) is 45.8 Å². The lowest BCUT2D eigenvalue weighted by molar-refractivity contribution is -0.140. The van der Waals surface area contributed by atoms with Gasteiger partial charge in [0.15, 0.2) is 11.5 Å². The summed E-state index contributed by atoms with van der Waals surface area (Å²) in [6.07, 6.45) is 0. The lowest BCUT2D eigenvalue weighted by atomic mass is 9.97. The van der Waals surface area contributed by atoms with Gasteiger partial charge in [-0.05, 0) is 30.0 Å². The molecule has 1 aromatic heterocycles. The van der Waals surface area contributed by atoms with E-state index in [0.29, 0.717) is 0 Å². The number of carbonyl (C=O) groups is 2. The minimum atomic E-state index is -0.809. The summed E-state index contributed by atoms with van der Waals surface area (Å²) in [5, 5.41) is 13.3. The van der Waals surface area contributed by atoms with Gasteiger partial charge in [0.2, 0.25) is 0 Å². The van der Waals surface area contributed by atoms with E-state index in [0.717, 1.165) is 10.4 Å². The van der Waals surface area contributed by atoms with Crippen LogP contribution in [0.2, 0.25) is 10.0 Å². The Morgan fingerprint density at radius 3 is 2.42 bits per heavy atom. The number of methoxy groups -OCH3 is 3. The van der Waals surface area contributed by atoms with E-state index in [1.165, 1.54) is 43.6 Å². The lowest BCUT2D eigenvalue weighted by Crippen LogP contribution is -2.32. The number of aliphatic hydroxyl groups excluding tert-OH is 1. The van der Waals surface area contributed by atoms with Gasteiger partial charge in [-0.15, -0.1) is 11.3 Å². The SMILES string of the molecule is COCCN1C(=O)C(=O)/C(=C(/O)c2cc(Cl)c(OC)c(Cl)c2OC)C1c1sccc1C. The largest absolute Gasteiger partial charge is 0.507 e. The number of aryl methyl sites for hydroxylation is 1. The van der Waals surface area contributed by atoms with Gasteiger partial charge < -0.3 is 24.2 Å². The number of halogens is 2. The van der Waals surface area contributed by atoms with Crippen LogP contribution in [0.3, 0.4) is 0 Å². The van der Waals surface area contributed by atoms with Gasteiger partial charge in [0, 0.05) is 18.5 Å². The monoisotopic (exact) mass is 485 g/mol. The maximum atomic E-state index is 13.0. The van der Waals surface area contributed by atoms with E-state index in [1.807, 2.05) is 18.4 Å². The molecule has 2 aromatic rings. The molecule has 1 aromatic carbocycles. The summed E-state index contributed by atoms with van der Waals surface area (Å²) in [7, 11) is 4.27. The highest BCUT2D eigenvalue weighted by Gasteiger charge is 2.47. The normalized spacial score (nSPS) is 18.0. The number of rotatable bonds is 7. The Hall–Kier alpha value is -2.26. The highest BCUT2D eigenvalue weighted by molar-refractivity contribution is 7.10. The number of Topliss-reactive ketones (excluding diaryl/α,β-unsaturated/α-hetero) is 1. The summed E-state index contributed by atoms with van der Waals surface area (Å²) >= 11 is 14.0. The maximum Gasteiger partial charge on any atom is 0.295 e. The van der Waals surface area contributed by atoms with Crippen molar-refractivity contribution in [3.05, 3.63) is 49.1 Å². The highest BCUT2D eigenvalue weighted by atomic mass is 35.5. The number of carbonyl (C=O) groups excluding carboxylic acids is 2. The fraction of sp³-hybridized carbons (Fsp3) is 0.333. The third-order valence-corrected chi connectivity index (χ3v) is 6.72. The second kappa shape index (κ2) is 9.48. The van der Waals surface area contributed by atoms with Crippen LogP contribution >= 0.6 is 34.5 Å². The third-order valence-electron chi connectivity index (χ3n) is 5.02. The van der Waals surface area contributed by atoms with Gasteiger partial charge in [-0.1, -0.05) is 23.2 Å². The molecule has 1 N–H and O–H groups in total. The zero-order chi connectivity index (χ0) is 22.9. The number of benzene rings is 1. The number of thiophene rings is 1. The van der Waals surface area contributed by atoms with Crippen LogP contribution in [0, 0.1) is 6.92 Å². The second-order valence-corrected chi connectivity index (χ2v) is 8.47. The highest BCUT2D eigenvalue weighted by Crippen LogP contribution is 2.48. The molecule has 0 bridgehead atoms. The van der Waals surface area contributed by atoms with E-state index in [1.54, 1.807) is 0 Å². The zero-order valence-electron chi connectivity index (χ0n) is 17.3. The smallest absolute Gasteiger partial charge is 0.295 e. The van der Waals surface area contributed by atoms with E-state index < -0.39 is 23.5 Å². The van der Waals surface area contributed by atoms with Crippen molar-refractivity contribution in [3.8, 4) is 11.5 Å². The standard InChI is InChI=1S/C21H21Cl2NO6S/c1-10-5-8-31-20(10)15-13(17(26)21(27)24(15)6-7-28-2)16(25)11-9-12(22)19(30-4)14(23)18(11)29-3/h5,8-9,15,25H,6-7H2,1-4H3/b16-13+. The van der Waals surface area contributed by atoms with Crippen molar-refractivity contribution in [2.24, 2.45) is 0 Å². The predicted molar refractivity (Wildman–Crippen MR) is 120 cm³/mol. The fourth-order valence-electron chi connectivity index (χ4n) is 3.53. The average molecular weight is 486 g/mol. The molecule has 1 fully saturated rings. The van der Waals surface area contributed by atoms with Gasteiger partial charge in [-0.25, -0.2) is 0 Å². The van der Waals surface area contributed by atoms with Crippen LogP contribution < -0.4 is 9.47 Å². The molecule has 7 nitrogen and oxygen atoms in total. The molecule has 2 heterocycles. The van der Waals surface area contributed by atoms with Crippen LogP contribution in [-0.4, -0.2) is 56.2 Å². The number of likely N-dealkylation sites (tertiary alicyclic amines) is 1. The first-order valence-electron chi connectivity index (χ1n) is 9.20. The third kappa shape index (κ3) is 4.01. The molecule has 10 heteroatoms. The van der Waals surface area contributed by atoms with Crippen LogP contribution in [0.15, 0.2) is 23.1 Å². The predicted octanol–water partition coefficient (Wildman–Crippen LogP) is 4.45. The Labute approximate surface area is 193 Å². The fourth-order valence-corrected chi connectivity index (χ4v) is 5.26. The molecule has 1 atom stereocenters. The van der Waals surface area contributed by atoms with Crippen molar-refractivity contribution < 1.29 is 28.9 Å². The lowest BCUT2D eigenvalue weighted by Gasteiger charge is -2.24. The van der Waals surface area contributed by atoms with E-state index in [4.69, 9.17) is 37.4 Å². The number of hydrogen-bond donors (Lipinski definition) is 1. The second-order valence-electron chi connectivity index (χ2n) is 6.74. The van der Waals surface area contributed by atoms with E-state index >= 15 is 0 Å². The average Bonchev–Trinajstić information content (AvgIpc) is 3.26. The summed E-state index contributed by atoms with van der Waals surface area (Å²) in [5.74, 6) is -1.72. The molecule has 0 saturated carbocycles. The van der Waals surface area contributed by atoms with Crippen molar-refractivity contribution in [1.82, 2.24) is 4.90 Å². The van der Waals surface area contributed by atoms with Crippen LogP contribution in [-0.2, 0) is 14.3 Å². The summed E-state index contributed by atoms with van der Waals surface area (Å²) in [6.45, 7) is 2.29. The quantitative estimate of drug-likeness (QED) is 0.354. The van der Waals surface area contributed by atoms with Gasteiger partial charge in [0.25, 0.3) is 11.7 Å². The molecule has 1 amide bonds. The minimum Gasteiger partial charge on any atom is -0.507 e. The van der Waals surface area contributed by atoms with E-state index in [2.05, 4.69) is 0 Å². The van der Waals surface area contributed by atoms with Gasteiger partial charge in [0.1, 0.15) is 10.8 Å². The number of aliphatic hydroxyl groups is 1. The maximum absolute atomic E-state index is 13.0. The molecule has 0 spiro atoms. The van der Waals surface area contributed by atoms with Crippen molar-refractivity contribution in [2.45, 2.75) is 13.0 Å². The van der Waals surface area contributed by atoms with Gasteiger partial charge in [-0.2, -0.15) is 0 Å². The molecule has 1 aliphatic heterocycles. The van der Waals surface area contributed by atoms with Crippen molar-refractivity contribution in [3.63, 3.8) is 0 Å². The molecule has 31 heavy (non-hydrogen) atoms. The molecule has 3 rings (SSSR count). The van der Waals surface area contributed by atoms with Crippen LogP contribution in [0.25, 0.3) is 5.76 Å². The molecule has 0 aliphatic carbocycles. The van der Waals surface area contributed by atoms with Crippen LogP contribution in [0.5, 0.6) is 11.5 Å². The summed E-state index contributed by atoms with van der Waals surface area (Å²) in [4.78, 5) is 28.0. The van der Waals surface area contributed by atoms with Crippen LogP contribution in [0.4, 0.5) is 0 Å². The van der Waals surface area contributed by atoms with Crippen molar-refractivity contribution >= 4 is 52.0 Å². The summed E-state index contributed by atoms with van der Waals surface area (Å²) < 4.78 is 15.7. The molecule has 1 saturated heterocycles. The molecule has 1 unspecified atom stereocenters. The first kappa shape index (κ1) is 23.4. The Kier molecular flexibility index (Phi) is 7.16. The Morgan fingerprint density at radius 1 is 1.19 bits per heavy atom. The molecular weight excluding hydrogens is 465 g/mol. The number of hydrogen-bond acceptors (Lipinski definition) is 7. The van der Waals surface area contributed by atoms with Crippen molar-refractivity contribution in [1.29, 1.82) is 0 Å². The van der Waals surface area contributed by atoms with Gasteiger partial charge in [-0.3, -0.25) is 9.59 Å². The number of ketones is 1. The molecule has 0 radical (unpaired) electrons. The Bertz CT molecular complexity index is 1060. The van der Waals surface area contributed by atoms with Gasteiger partial charge >= 0.3 is 0 Å². The summed E-state index contributed by atoms with van der Waals surface area (Å²) in [6, 6.07) is 2.50. The van der Waals surface area contributed by atoms with E-state index in [9.17, 15) is 14.7 Å². The summed E-state index contributed by atoms with van der Waals surface area (Å²) in [5.41, 5.74) is 0.910. The first-order valence-corrected chi connectivity index (χ1v) is 10.8.